The molecule has 1 fully saturated rings. The summed E-state index contributed by atoms with van der Waals surface area (Å²) >= 11 is 12.1. The SMILES string of the molecule is COCCOc1cc(OC[C@H](O)CN2C[C@@H](Oc3ccc(Cl)cc3)CO2)c(NC(N)=O)cc1Cl. The smallest absolute Gasteiger partial charge is 0.316 e. The molecule has 2 atom stereocenters. The number of aliphatic hydroxyl groups excluding tert-OH is 1. The molecule has 34 heavy (non-hydrogen) atoms. The minimum atomic E-state index is -0.899. The molecular weight excluding hydrogens is 489 g/mol. The Morgan fingerprint density at radius 3 is 2.71 bits per heavy atom. The van der Waals surface area contributed by atoms with E-state index in [-0.39, 0.29) is 42.3 Å². The van der Waals surface area contributed by atoms with Crippen LogP contribution in [-0.2, 0) is 9.57 Å². The Labute approximate surface area is 207 Å². The normalized spacial score (nSPS) is 16.8. The second-order valence-electron chi connectivity index (χ2n) is 7.41. The monoisotopic (exact) mass is 515 g/mol. The molecule has 2 aromatic rings. The van der Waals surface area contributed by atoms with Gasteiger partial charge in [-0.25, -0.2) is 4.79 Å². The number of methoxy groups -OCH3 is 1. The number of carbonyl (C=O) groups is 1. The Balaban J connectivity index is 1.53. The predicted octanol–water partition coefficient (Wildman–Crippen LogP) is 2.94. The van der Waals surface area contributed by atoms with Crippen LogP contribution in [0.15, 0.2) is 36.4 Å². The van der Waals surface area contributed by atoms with E-state index in [9.17, 15) is 9.90 Å². The number of β-amino-alcohol motifs (C(OH)–C–C–N with tert-alkyl or cyclic N) is 1. The van der Waals surface area contributed by atoms with Gasteiger partial charge >= 0.3 is 6.03 Å². The van der Waals surface area contributed by atoms with Crippen molar-refractivity contribution in [2.75, 3.05) is 51.9 Å². The van der Waals surface area contributed by atoms with Gasteiger partial charge in [-0.3, -0.25) is 4.84 Å². The summed E-state index contributed by atoms with van der Waals surface area (Å²) in [5, 5.41) is 15.4. The summed E-state index contributed by atoms with van der Waals surface area (Å²) in [7, 11) is 1.55. The largest absolute Gasteiger partial charge is 0.489 e. The lowest BCUT2D eigenvalue weighted by molar-refractivity contribution is -0.131. The van der Waals surface area contributed by atoms with E-state index < -0.39 is 12.1 Å². The predicted molar refractivity (Wildman–Crippen MR) is 127 cm³/mol. The first-order valence-corrected chi connectivity index (χ1v) is 11.2. The van der Waals surface area contributed by atoms with Crippen molar-refractivity contribution < 1.29 is 33.7 Å². The number of nitrogens with zero attached hydrogens (tertiary/aromatic N) is 1. The van der Waals surface area contributed by atoms with Crippen LogP contribution in [0.5, 0.6) is 17.2 Å². The summed E-state index contributed by atoms with van der Waals surface area (Å²) < 4.78 is 22.1. The number of aliphatic hydroxyl groups is 1. The van der Waals surface area contributed by atoms with Gasteiger partial charge in [0.15, 0.2) is 0 Å². The van der Waals surface area contributed by atoms with Crippen molar-refractivity contribution in [1.29, 1.82) is 0 Å². The zero-order valence-corrected chi connectivity index (χ0v) is 20.1. The molecule has 0 spiro atoms. The van der Waals surface area contributed by atoms with E-state index in [1.54, 1.807) is 36.4 Å². The number of carbonyl (C=O) groups excluding carboxylic acids is 1. The molecule has 1 aliphatic rings. The van der Waals surface area contributed by atoms with Gasteiger partial charge in [-0.2, -0.15) is 5.06 Å². The molecule has 3 rings (SSSR count). The quantitative estimate of drug-likeness (QED) is 0.368. The van der Waals surface area contributed by atoms with Crippen LogP contribution in [0.4, 0.5) is 10.5 Å². The summed E-state index contributed by atoms with van der Waals surface area (Å²) in [5.74, 6) is 1.26. The highest BCUT2D eigenvalue weighted by Crippen LogP contribution is 2.36. The lowest BCUT2D eigenvalue weighted by atomic mass is 10.2. The molecule has 1 aliphatic heterocycles. The minimum absolute atomic E-state index is 0.0881. The number of amides is 2. The maximum absolute atomic E-state index is 11.3. The fourth-order valence-electron chi connectivity index (χ4n) is 3.13. The standard InChI is InChI=1S/C22H27Cl2N3O7/c1-30-6-7-31-20-9-21(19(8-18(20)24)26-22(25)29)32-12-15(28)10-27-11-17(13-33-27)34-16-4-2-14(23)3-5-16/h2-5,8-9,15,17,28H,6-7,10-13H2,1H3,(H3,25,26,29)/t15-,17-/m1/s1. The van der Waals surface area contributed by atoms with Gasteiger partial charge < -0.3 is 35.1 Å². The number of primary amides is 1. The van der Waals surface area contributed by atoms with E-state index in [4.69, 9.17) is 52.7 Å². The van der Waals surface area contributed by atoms with Crippen molar-refractivity contribution in [2.45, 2.75) is 12.2 Å². The van der Waals surface area contributed by atoms with Gasteiger partial charge in [0, 0.05) is 18.2 Å². The van der Waals surface area contributed by atoms with Crippen LogP contribution in [0.2, 0.25) is 10.0 Å². The number of ether oxygens (including phenoxy) is 4. The molecule has 10 nitrogen and oxygen atoms in total. The number of hydrogen-bond donors (Lipinski definition) is 3. The summed E-state index contributed by atoms with van der Waals surface area (Å²) in [5.41, 5.74) is 5.48. The first kappa shape index (κ1) is 26.1. The molecular formula is C22H27Cl2N3O7. The molecule has 0 aliphatic carbocycles. The van der Waals surface area contributed by atoms with Gasteiger partial charge in [0.2, 0.25) is 0 Å². The summed E-state index contributed by atoms with van der Waals surface area (Å²) in [6, 6.07) is 9.24. The van der Waals surface area contributed by atoms with Crippen molar-refractivity contribution in [1.82, 2.24) is 5.06 Å². The first-order chi connectivity index (χ1) is 16.3. The number of nitrogens with two attached hydrogens (primary N) is 1. The maximum atomic E-state index is 11.3. The third kappa shape index (κ3) is 8.08. The highest BCUT2D eigenvalue weighted by molar-refractivity contribution is 6.32. The topological polar surface area (TPSA) is 125 Å². The fourth-order valence-corrected chi connectivity index (χ4v) is 3.47. The molecule has 0 unspecified atom stereocenters. The van der Waals surface area contributed by atoms with E-state index in [0.717, 1.165) is 0 Å². The van der Waals surface area contributed by atoms with Crippen LogP contribution < -0.4 is 25.3 Å². The van der Waals surface area contributed by atoms with Gasteiger partial charge in [0.25, 0.3) is 0 Å². The first-order valence-electron chi connectivity index (χ1n) is 10.5. The molecule has 0 saturated carbocycles. The van der Waals surface area contributed by atoms with Crippen LogP contribution in [0.3, 0.4) is 0 Å². The average Bonchev–Trinajstić information content (AvgIpc) is 3.22. The second-order valence-corrected chi connectivity index (χ2v) is 8.25. The van der Waals surface area contributed by atoms with Crippen molar-refractivity contribution in [3.05, 3.63) is 46.4 Å². The van der Waals surface area contributed by atoms with Crippen LogP contribution in [0.1, 0.15) is 0 Å². The zero-order valence-electron chi connectivity index (χ0n) is 18.5. The zero-order chi connectivity index (χ0) is 24.5. The Morgan fingerprint density at radius 2 is 2.00 bits per heavy atom. The van der Waals surface area contributed by atoms with Crippen LogP contribution in [-0.4, -0.2) is 75.0 Å². The van der Waals surface area contributed by atoms with Crippen molar-refractivity contribution >= 4 is 34.9 Å². The Hall–Kier alpha value is -2.47. The van der Waals surface area contributed by atoms with E-state index in [1.165, 1.54) is 12.1 Å². The molecule has 12 heteroatoms. The molecule has 4 N–H and O–H groups in total. The van der Waals surface area contributed by atoms with Crippen molar-refractivity contribution in [2.24, 2.45) is 5.73 Å². The maximum Gasteiger partial charge on any atom is 0.316 e. The number of nitrogens with one attached hydrogen (secondary N) is 1. The molecule has 186 valence electrons. The number of hydrogen-bond acceptors (Lipinski definition) is 8. The van der Waals surface area contributed by atoms with Crippen LogP contribution in [0, 0.1) is 0 Å². The lowest BCUT2D eigenvalue weighted by Gasteiger charge is -2.20. The minimum Gasteiger partial charge on any atom is -0.489 e. The third-order valence-corrected chi connectivity index (χ3v) is 5.20. The van der Waals surface area contributed by atoms with Gasteiger partial charge in [-0.1, -0.05) is 23.2 Å². The lowest BCUT2D eigenvalue weighted by Crippen LogP contribution is -2.34. The third-order valence-electron chi connectivity index (χ3n) is 4.65. The van der Waals surface area contributed by atoms with E-state index in [1.807, 2.05) is 0 Å². The fraction of sp³-hybridized carbons (Fsp3) is 0.409. The number of urea groups is 1. The summed E-state index contributed by atoms with van der Waals surface area (Å²) in [6.07, 6.45) is -1.09. The number of hydroxylamine groups is 2. The van der Waals surface area contributed by atoms with Gasteiger partial charge in [0.05, 0.1) is 30.4 Å². The van der Waals surface area contributed by atoms with Crippen LogP contribution in [0.25, 0.3) is 0 Å². The number of anilines is 1. The molecule has 1 heterocycles. The highest BCUT2D eigenvalue weighted by Gasteiger charge is 2.27. The Kier molecular flexibility index (Phi) is 9.87. The second kappa shape index (κ2) is 12.8. The molecule has 0 bridgehead atoms. The average molecular weight is 516 g/mol. The van der Waals surface area contributed by atoms with Gasteiger partial charge in [-0.05, 0) is 30.3 Å². The summed E-state index contributed by atoms with van der Waals surface area (Å²) in [6.45, 7) is 1.55. The molecule has 2 amide bonds. The number of rotatable bonds is 12. The van der Waals surface area contributed by atoms with Gasteiger partial charge in [-0.15, -0.1) is 0 Å². The van der Waals surface area contributed by atoms with E-state index in [2.05, 4.69) is 5.32 Å². The number of benzene rings is 2. The van der Waals surface area contributed by atoms with Crippen molar-refractivity contribution in [3.63, 3.8) is 0 Å². The van der Waals surface area contributed by atoms with Crippen LogP contribution >= 0.6 is 23.2 Å². The Bertz CT molecular complexity index is 949. The molecule has 1 saturated heterocycles. The molecule has 0 radical (unpaired) electrons. The Morgan fingerprint density at radius 1 is 1.24 bits per heavy atom. The van der Waals surface area contributed by atoms with Gasteiger partial charge in [0.1, 0.15) is 49.3 Å². The van der Waals surface area contributed by atoms with Crippen molar-refractivity contribution in [3.8, 4) is 17.2 Å². The molecule has 0 aromatic heterocycles. The summed E-state index contributed by atoms with van der Waals surface area (Å²) in [4.78, 5) is 16.9. The highest BCUT2D eigenvalue weighted by atomic mass is 35.5. The number of halogens is 2. The molecule has 2 aromatic carbocycles. The van der Waals surface area contributed by atoms with E-state index in [0.29, 0.717) is 36.3 Å². The van der Waals surface area contributed by atoms with E-state index >= 15 is 0 Å².